The molecule has 0 atom stereocenters. The molecular weight excluding hydrogens is 860 g/mol. The second-order valence-electron chi connectivity index (χ2n) is 16.7. The van der Waals surface area contributed by atoms with Crippen molar-refractivity contribution in [2.24, 2.45) is 0 Å². The predicted molar refractivity (Wildman–Crippen MR) is 263 cm³/mol. The molecule has 0 fully saturated rings. The van der Waals surface area contributed by atoms with E-state index < -0.39 is 34.5 Å². The number of rotatable bonds is 7. The lowest BCUT2D eigenvalue weighted by Gasteiger charge is -2.22. The minimum absolute atomic E-state index is 0.143. The number of nitrogens with zero attached hydrogens (tertiary/aromatic N) is 4. The van der Waals surface area contributed by atoms with Gasteiger partial charge in [0, 0.05) is 49.4 Å². The van der Waals surface area contributed by atoms with E-state index in [1.165, 1.54) is 6.07 Å². The van der Waals surface area contributed by atoms with Gasteiger partial charge in [-0.3, -0.25) is 0 Å². The largest absolute Gasteiger partial charge is 0.417 e. The molecule has 4 heterocycles. The zero-order chi connectivity index (χ0) is 46.1. The molecule has 12 rings (SSSR count). The van der Waals surface area contributed by atoms with Crippen LogP contribution in [0.3, 0.4) is 0 Å². The Labute approximate surface area is 386 Å². The first-order valence-corrected chi connectivity index (χ1v) is 22.0. The first-order chi connectivity index (χ1) is 33.2. The molecule has 0 bridgehead atoms. The highest BCUT2D eigenvalue weighted by molar-refractivity contribution is 6.13. The van der Waals surface area contributed by atoms with Crippen LogP contribution in [0.1, 0.15) is 5.56 Å². The summed E-state index contributed by atoms with van der Waals surface area (Å²) in [7, 11) is 0. The molecule has 0 radical (unpaired) electrons. The van der Waals surface area contributed by atoms with Gasteiger partial charge in [0.25, 0.3) is 0 Å². The number of aromatic nitrogens is 4. The van der Waals surface area contributed by atoms with Gasteiger partial charge in [0.05, 0.1) is 67.3 Å². The van der Waals surface area contributed by atoms with E-state index in [1.807, 2.05) is 191 Å². The molecule has 0 N–H and O–H groups in total. The maximum absolute atomic E-state index is 16.0. The van der Waals surface area contributed by atoms with Crippen molar-refractivity contribution in [2.45, 2.75) is 6.18 Å². The van der Waals surface area contributed by atoms with Crippen molar-refractivity contribution in [1.82, 2.24) is 19.1 Å². The molecule has 0 unspecified atom stereocenters. The molecule has 0 aliphatic carbocycles. The monoisotopic (exact) mass is 894 g/mol. The Morgan fingerprint density at radius 2 is 0.735 bits per heavy atom. The van der Waals surface area contributed by atoms with Crippen molar-refractivity contribution >= 4 is 43.6 Å². The summed E-state index contributed by atoms with van der Waals surface area (Å²) in [5.74, 6) is -2.23. The smallest absolute Gasteiger partial charge is 0.307 e. The number of pyridine rings is 2. The summed E-state index contributed by atoms with van der Waals surface area (Å²) in [6, 6.07) is 63.7. The second kappa shape index (κ2) is 16.0. The predicted octanol–water partition coefficient (Wildman–Crippen LogP) is 16.3. The molecular formula is C59H35F5N4. The molecule has 0 saturated carbocycles. The topological polar surface area (TPSA) is 35.6 Å². The third kappa shape index (κ3) is 6.81. The summed E-state index contributed by atoms with van der Waals surface area (Å²) in [6.45, 7) is 0. The Kier molecular flexibility index (Phi) is 9.62. The zero-order valence-corrected chi connectivity index (χ0v) is 35.9. The SMILES string of the molecule is Fc1cccc(F)c1-c1cc(-n2c3ccccc3c3ccc(-c4cccc(-c5ccccc5)n4)cc32)c(-n2c3ccccc3c3ccc(-c4cccc(-c5ccccc5)n4)cc32)cc1C(F)(F)F. The van der Waals surface area contributed by atoms with Crippen LogP contribution in [0.2, 0.25) is 0 Å². The Bertz CT molecular complexity index is 3910. The van der Waals surface area contributed by atoms with Crippen LogP contribution >= 0.6 is 0 Å². The van der Waals surface area contributed by atoms with Crippen LogP contribution in [-0.4, -0.2) is 19.1 Å². The van der Waals surface area contributed by atoms with Gasteiger partial charge in [-0.25, -0.2) is 18.7 Å². The minimum Gasteiger partial charge on any atom is -0.307 e. The number of hydrogen-bond donors (Lipinski definition) is 0. The van der Waals surface area contributed by atoms with Crippen LogP contribution in [0.4, 0.5) is 22.0 Å². The van der Waals surface area contributed by atoms with Gasteiger partial charge >= 0.3 is 6.18 Å². The number of hydrogen-bond acceptors (Lipinski definition) is 2. The van der Waals surface area contributed by atoms with Crippen LogP contribution in [-0.2, 0) is 6.18 Å². The Morgan fingerprint density at radius 1 is 0.338 bits per heavy atom. The minimum atomic E-state index is -5.04. The highest BCUT2D eigenvalue weighted by Gasteiger charge is 2.37. The summed E-state index contributed by atoms with van der Waals surface area (Å²) >= 11 is 0. The van der Waals surface area contributed by atoms with Crippen molar-refractivity contribution in [3.05, 3.63) is 230 Å². The van der Waals surface area contributed by atoms with Gasteiger partial charge in [-0.15, -0.1) is 0 Å². The van der Waals surface area contributed by atoms with Crippen molar-refractivity contribution in [1.29, 1.82) is 0 Å². The van der Waals surface area contributed by atoms with Crippen LogP contribution in [0, 0.1) is 11.6 Å². The molecule has 8 aromatic carbocycles. The number of para-hydroxylation sites is 2. The van der Waals surface area contributed by atoms with Crippen LogP contribution in [0.5, 0.6) is 0 Å². The Morgan fingerprint density at radius 3 is 1.21 bits per heavy atom. The van der Waals surface area contributed by atoms with Crippen molar-refractivity contribution < 1.29 is 22.0 Å². The fraction of sp³-hybridized carbons (Fsp3) is 0.0169. The lowest BCUT2D eigenvalue weighted by molar-refractivity contribution is -0.137. The van der Waals surface area contributed by atoms with Gasteiger partial charge in [-0.2, -0.15) is 13.2 Å². The highest BCUT2D eigenvalue weighted by atomic mass is 19.4. The third-order valence-electron chi connectivity index (χ3n) is 12.7. The highest BCUT2D eigenvalue weighted by Crippen LogP contribution is 2.46. The van der Waals surface area contributed by atoms with E-state index in [9.17, 15) is 0 Å². The van der Waals surface area contributed by atoms with Gasteiger partial charge < -0.3 is 9.13 Å². The van der Waals surface area contributed by atoms with Gasteiger partial charge in [-0.05, 0) is 72.8 Å². The summed E-state index contributed by atoms with van der Waals surface area (Å²) in [5, 5.41) is 3.25. The Balaban J connectivity index is 1.19. The van der Waals surface area contributed by atoms with E-state index in [4.69, 9.17) is 9.97 Å². The third-order valence-corrected chi connectivity index (χ3v) is 12.7. The molecule has 0 aliphatic heterocycles. The van der Waals surface area contributed by atoms with Crippen LogP contribution in [0.25, 0.3) is 111 Å². The van der Waals surface area contributed by atoms with Gasteiger partial charge in [0.15, 0.2) is 0 Å². The maximum Gasteiger partial charge on any atom is 0.417 e. The molecule has 0 spiro atoms. The molecule has 326 valence electrons. The molecule has 0 amide bonds. The van der Waals surface area contributed by atoms with Gasteiger partial charge in [-0.1, -0.05) is 140 Å². The van der Waals surface area contributed by atoms with E-state index in [-0.39, 0.29) is 11.4 Å². The molecule has 68 heavy (non-hydrogen) atoms. The summed E-state index contributed by atoms with van der Waals surface area (Å²) in [5.41, 5.74) is 6.68. The molecule has 0 saturated heterocycles. The van der Waals surface area contributed by atoms with Crippen molar-refractivity contribution in [3.8, 4) is 67.5 Å². The van der Waals surface area contributed by atoms with Gasteiger partial charge in [0.2, 0.25) is 0 Å². The lowest BCUT2D eigenvalue weighted by Crippen LogP contribution is -2.13. The average molecular weight is 895 g/mol. The fourth-order valence-electron chi connectivity index (χ4n) is 9.64. The second-order valence-corrected chi connectivity index (χ2v) is 16.7. The molecule has 4 nitrogen and oxygen atoms in total. The zero-order valence-electron chi connectivity index (χ0n) is 35.9. The average Bonchev–Trinajstić information content (AvgIpc) is 3.88. The Hall–Kier alpha value is -8.69. The quantitative estimate of drug-likeness (QED) is 0.149. The molecule has 0 aliphatic rings. The molecule has 9 heteroatoms. The fourth-order valence-corrected chi connectivity index (χ4v) is 9.64. The van der Waals surface area contributed by atoms with Crippen LogP contribution in [0.15, 0.2) is 212 Å². The summed E-state index contributed by atoms with van der Waals surface area (Å²) in [6.07, 6.45) is -5.04. The lowest BCUT2D eigenvalue weighted by atomic mass is 9.96. The maximum atomic E-state index is 16.0. The first kappa shape index (κ1) is 40.8. The number of alkyl halides is 3. The van der Waals surface area contributed by atoms with E-state index >= 15 is 22.0 Å². The normalized spacial score (nSPS) is 11.9. The summed E-state index contributed by atoms with van der Waals surface area (Å²) in [4.78, 5) is 10.1. The van der Waals surface area contributed by atoms with E-state index in [1.54, 1.807) is 0 Å². The van der Waals surface area contributed by atoms with Crippen molar-refractivity contribution in [3.63, 3.8) is 0 Å². The van der Waals surface area contributed by atoms with E-state index in [0.717, 1.165) is 79.5 Å². The van der Waals surface area contributed by atoms with E-state index in [0.29, 0.717) is 33.5 Å². The standard InChI is InChI=1S/C59H35F5N4/c60-46-20-11-21-47(61)58(46)44-34-56(67-52-26-9-7-18-40(52)42-30-28-38(32-54(42)67)50-24-12-22-48(65-50)36-14-3-1-4-15-36)57(35-45(44)59(62,63)64)68-53-27-10-8-19-41(53)43-31-29-39(33-55(43)68)51-25-13-23-49(66-51)37-16-5-2-6-17-37/h1-35H. The first-order valence-electron chi connectivity index (χ1n) is 22.0. The van der Waals surface area contributed by atoms with Crippen molar-refractivity contribution in [2.75, 3.05) is 0 Å². The van der Waals surface area contributed by atoms with Crippen LogP contribution < -0.4 is 0 Å². The summed E-state index contributed by atoms with van der Waals surface area (Å²) < 4.78 is 83.1. The number of halogens is 5. The van der Waals surface area contributed by atoms with Gasteiger partial charge in [0.1, 0.15) is 11.6 Å². The molecule has 4 aromatic heterocycles. The number of benzene rings is 8. The van der Waals surface area contributed by atoms with E-state index in [2.05, 4.69) is 0 Å². The number of fused-ring (bicyclic) bond motifs is 6. The molecule has 12 aromatic rings.